The van der Waals surface area contributed by atoms with Crippen LogP contribution in [0.3, 0.4) is 0 Å². The molecule has 1 saturated heterocycles. The first-order chi connectivity index (χ1) is 9.30. The lowest BCUT2D eigenvalue weighted by molar-refractivity contribution is -0.146. The van der Waals surface area contributed by atoms with Crippen molar-refractivity contribution in [2.75, 3.05) is 31.7 Å². The second-order valence-corrected chi connectivity index (χ2v) is 7.79. The molecule has 0 aliphatic carbocycles. The lowest BCUT2D eigenvalue weighted by Crippen LogP contribution is -2.34. The van der Waals surface area contributed by atoms with Crippen LogP contribution in [-0.2, 0) is 37.4 Å². The molecule has 0 aromatic rings. The Hall–Kier alpha value is -0.470. The Kier molecular flexibility index (Phi) is 6.60. The highest BCUT2D eigenvalue weighted by Gasteiger charge is 2.33. The molecule has 0 N–H and O–H groups in total. The van der Waals surface area contributed by atoms with Crippen LogP contribution in [-0.4, -0.2) is 52.2 Å². The van der Waals surface area contributed by atoms with Crippen LogP contribution in [0.4, 0.5) is 0 Å². The lowest BCUT2D eigenvalue weighted by Gasteiger charge is -2.23. The van der Waals surface area contributed by atoms with Crippen molar-refractivity contribution in [2.45, 2.75) is 26.4 Å². The second-order valence-electron chi connectivity index (χ2n) is 4.05. The van der Waals surface area contributed by atoms with Crippen LogP contribution in [0.2, 0.25) is 0 Å². The average molecular weight is 330 g/mol. The maximum absolute atomic E-state index is 12.1. The summed E-state index contributed by atoms with van der Waals surface area (Å²) in [6.07, 6.45) is -1.05. The summed E-state index contributed by atoms with van der Waals surface area (Å²) in [4.78, 5) is 11.7. The van der Waals surface area contributed by atoms with Crippen molar-refractivity contribution in [2.24, 2.45) is 0 Å². The van der Waals surface area contributed by atoms with E-state index in [4.69, 9.17) is 13.8 Å². The smallest absolute Gasteiger partial charge is 0.341 e. The van der Waals surface area contributed by atoms with Gasteiger partial charge < -0.3 is 13.8 Å². The molecule has 10 heteroatoms. The fourth-order valence-electron chi connectivity index (χ4n) is 1.66. The maximum atomic E-state index is 12.1. The zero-order valence-electron chi connectivity index (χ0n) is 11.4. The summed E-state index contributed by atoms with van der Waals surface area (Å²) in [6.45, 7) is 3.49. The number of esters is 1. The van der Waals surface area contributed by atoms with E-state index in [1.807, 2.05) is 0 Å². The predicted octanol–water partition coefficient (Wildman–Crippen LogP) is 0.914. The van der Waals surface area contributed by atoms with Gasteiger partial charge in [-0.15, -0.1) is 0 Å². The van der Waals surface area contributed by atoms with Gasteiger partial charge in [-0.3, -0.25) is 13.5 Å². The summed E-state index contributed by atoms with van der Waals surface area (Å²) in [5.74, 6) is -1.20. The molecule has 1 rings (SSSR count). The summed E-state index contributed by atoms with van der Waals surface area (Å²) in [7, 11) is -7.18. The van der Waals surface area contributed by atoms with E-state index in [1.165, 1.54) is 0 Å². The molecule has 0 amide bonds. The number of carbonyl (C=O) groups is 1. The van der Waals surface area contributed by atoms with E-state index in [2.05, 4.69) is 4.18 Å². The van der Waals surface area contributed by atoms with E-state index in [1.54, 1.807) is 13.8 Å². The van der Waals surface area contributed by atoms with Crippen LogP contribution in [0, 0.1) is 0 Å². The Balaban J connectivity index is 2.55. The first kappa shape index (κ1) is 17.6. The van der Waals surface area contributed by atoms with Gasteiger partial charge in [0.25, 0.3) is 10.1 Å². The molecule has 0 radical (unpaired) electrons. The van der Waals surface area contributed by atoms with Crippen LogP contribution in [0.5, 0.6) is 0 Å². The molecule has 0 aromatic heterocycles. The van der Waals surface area contributed by atoms with Gasteiger partial charge in [0.2, 0.25) is 0 Å². The lowest BCUT2D eigenvalue weighted by atomic mass is 10.3. The summed E-state index contributed by atoms with van der Waals surface area (Å²) in [5, 5.41) is 0. The average Bonchev–Trinajstić information content (AvgIpc) is 2.27. The van der Waals surface area contributed by atoms with Crippen molar-refractivity contribution in [3.8, 4) is 0 Å². The van der Waals surface area contributed by atoms with Gasteiger partial charge in [0, 0.05) is 6.42 Å². The minimum Gasteiger partial charge on any atom is -0.461 e. The molecule has 8 nitrogen and oxygen atoms in total. The molecule has 1 heterocycles. The fourth-order valence-corrected chi connectivity index (χ4v) is 4.23. The van der Waals surface area contributed by atoms with Crippen molar-refractivity contribution in [1.29, 1.82) is 0 Å². The van der Waals surface area contributed by atoms with Crippen LogP contribution in [0.1, 0.15) is 20.3 Å². The molecule has 0 bridgehead atoms. The van der Waals surface area contributed by atoms with Gasteiger partial charge in [-0.05, 0) is 13.8 Å². The summed E-state index contributed by atoms with van der Waals surface area (Å²) >= 11 is 0. The highest BCUT2D eigenvalue weighted by Crippen LogP contribution is 2.47. The molecule has 20 heavy (non-hydrogen) atoms. The van der Waals surface area contributed by atoms with Crippen molar-refractivity contribution in [1.82, 2.24) is 0 Å². The van der Waals surface area contributed by atoms with Gasteiger partial charge in [-0.1, -0.05) is 0 Å². The summed E-state index contributed by atoms with van der Waals surface area (Å²) < 4.78 is 54.0. The van der Waals surface area contributed by atoms with Gasteiger partial charge in [0.05, 0.1) is 19.8 Å². The topological polar surface area (TPSA) is 105 Å². The summed E-state index contributed by atoms with van der Waals surface area (Å²) in [6, 6.07) is 0. The Morgan fingerprint density at radius 3 is 2.40 bits per heavy atom. The van der Waals surface area contributed by atoms with Gasteiger partial charge in [0.1, 0.15) is 18.0 Å². The fraction of sp³-hybridized carbons (Fsp3) is 0.900. The van der Waals surface area contributed by atoms with E-state index in [-0.39, 0.29) is 26.2 Å². The standard InChI is InChI=1S/C10H19O8PS/c1-3-15-19(12,16-4-2)7-10(11)18-9-5-6-17-20(13,14)8-9/h9H,3-8H2,1-2H3. The van der Waals surface area contributed by atoms with E-state index in [0.29, 0.717) is 0 Å². The van der Waals surface area contributed by atoms with Crippen LogP contribution < -0.4 is 0 Å². The third-order valence-corrected chi connectivity index (χ3v) is 5.62. The Morgan fingerprint density at radius 1 is 1.30 bits per heavy atom. The number of ether oxygens (including phenoxy) is 1. The minimum atomic E-state index is -3.65. The highest BCUT2D eigenvalue weighted by molar-refractivity contribution is 7.86. The van der Waals surface area contributed by atoms with Crippen LogP contribution in [0.15, 0.2) is 0 Å². The summed E-state index contributed by atoms with van der Waals surface area (Å²) in [5.41, 5.74) is 0. The molecule has 0 aromatic carbocycles. The van der Waals surface area contributed by atoms with Gasteiger partial charge >= 0.3 is 13.6 Å². The second kappa shape index (κ2) is 7.51. The normalized spacial score (nSPS) is 22.4. The molecule has 1 aliphatic heterocycles. The van der Waals surface area contributed by atoms with Crippen LogP contribution in [0.25, 0.3) is 0 Å². The monoisotopic (exact) mass is 330 g/mol. The van der Waals surface area contributed by atoms with E-state index in [0.717, 1.165) is 0 Å². The Morgan fingerprint density at radius 2 is 1.90 bits per heavy atom. The molecule has 118 valence electrons. The quantitative estimate of drug-likeness (QED) is 0.385. The largest absolute Gasteiger partial charge is 0.461 e. The zero-order valence-corrected chi connectivity index (χ0v) is 13.2. The molecular weight excluding hydrogens is 311 g/mol. The molecule has 0 spiro atoms. The number of carbonyl (C=O) groups excluding carboxylic acids is 1. The molecule has 1 aliphatic rings. The Bertz CT molecular complexity index is 464. The third-order valence-electron chi connectivity index (χ3n) is 2.37. The SMILES string of the molecule is CCOP(=O)(CC(=O)OC1CCOS(=O)(=O)C1)OCC. The van der Waals surface area contributed by atoms with E-state index in [9.17, 15) is 17.8 Å². The number of rotatable bonds is 7. The molecule has 1 unspecified atom stereocenters. The molecule has 1 fully saturated rings. The van der Waals surface area contributed by atoms with Gasteiger partial charge in [-0.25, -0.2) is 0 Å². The molecular formula is C10H19O8PS. The molecule has 0 saturated carbocycles. The van der Waals surface area contributed by atoms with Crippen LogP contribution >= 0.6 is 7.60 Å². The van der Waals surface area contributed by atoms with Gasteiger partial charge in [-0.2, -0.15) is 8.42 Å². The number of hydrogen-bond acceptors (Lipinski definition) is 8. The molecule has 1 atom stereocenters. The highest BCUT2D eigenvalue weighted by atomic mass is 32.2. The first-order valence-electron chi connectivity index (χ1n) is 6.25. The van der Waals surface area contributed by atoms with E-state index >= 15 is 0 Å². The third kappa shape index (κ3) is 5.88. The Labute approximate surface area is 118 Å². The zero-order chi connectivity index (χ0) is 15.2. The van der Waals surface area contributed by atoms with Crippen molar-refractivity contribution >= 4 is 23.7 Å². The van der Waals surface area contributed by atoms with Crippen molar-refractivity contribution < 1.29 is 35.7 Å². The van der Waals surface area contributed by atoms with Crippen molar-refractivity contribution in [3.63, 3.8) is 0 Å². The minimum absolute atomic E-state index is 0.0329. The maximum Gasteiger partial charge on any atom is 0.341 e. The number of hydrogen-bond donors (Lipinski definition) is 0. The van der Waals surface area contributed by atoms with Crippen molar-refractivity contribution in [3.05, 3.63) is 0 Å². The predicted molar refractivity (Wildman–Crippen MR) is 70.0 cm³/mol. The van der Waals surface area contributed by atoms with E-state index < -0.39 is 41.7 Å². The first-order valence-corrected chi connectivity index (χ1v) is 9.55. The van der Waals surface area contributed by atoms with Gasteiger partial charge in [0.15, 0.2) is 0 Å².